The maximum absolute atomic E-state index is 4.61. The number of para-hydroxylation sites is 2. The van der Waals surface area contributed by atoms with Crippen LogP contribution in [-0.4, -0.2) is 15.6 Å². The minimum atomic E-state index is 0.485. The molecule has 2 heterocycles. The molecule has 1 aliphatic carbocycles. The lowest BCUT2D eigenvalue weighted by molar-refractivity contribution is 0.552. The molecule has 2 bridgehead atoms. The first kappa shape index (κ1) is 7.51. The first-order valence-electron chi connectivity index (χ1n) is 5.34. The maximum atomic E-state index is 4.61. The first-order chi connectivity index (χ1) is 7.42. The SMILES string of the molecule is C1=CC2CC1Nc1nc3ccccc3n12. The number of rotatable bonds is 0. The average molecular weight is 197 g/mol. The highest BCUT2D eigenvalue weighted by Crippen LogP contribution is 2.36. The second-order valence-electron chi connectivity index (χ2n) is 4.23. The molecule has 0 radical (unpaired) electrons. The molecule has 2 atom stereocenters. The third-order valence-electron chi connectivity index (χ3n) is 3.30. The van der Waals surface area contributed by atoms with E-state index in [0.29, 0.717) is 12.1 Å². The largest absolute Gasteiger partial charge is 0.349 e. The van der Waals surface area contributed by atoms with Crippen molar-refractivity contribution in [3.8, 4) is 0 Å². The molecule has 3 nitrogen and oxygen atoms in total. The van der Waals surface area contributed by atoms with Crippen molar-refractivity contribution < 1.29 is 0 Å². The molecule has 0 amide bonds. The van der Waals surface area contributed by atoms with Crippen molar-refractivity contribution >= 4 is 17.0 Å². The molecule has 0 saturated heterocycles. The molecule has 4 rings (SSSR count). The van der Waals surface area contributed by atoms with Gasteiger partial charge in [-0.15, -0.1) is 0 Å². The number of imidazole rings is 1. The minimum Gasteiger partial charge on any atom is -0.349 e. The number of hydrogen-bond donors (Lipinski definition) is 1. The van der Waals surface area contributed by atoms with Gasteiger partial charge in [-0.1, -0.05) is 24.3 Å². The fraction of sp³-hybridized carbons (Fsp3) is 0.250. The van der Waals surface area contributed by atoms with Gasteiger partial charge in [-0.05, 0) is 18.6 Å². The van der Waals surface area contributed by atoms with Gasteiger partial charge in [0.25, 0.3) is 0 Å². The predicted molar refractivity (Wildman–Crippen MR) is 59.9 cm³/mol. The summed E-state index contributed by atoms with van der Waals surface area (Å²) in [5, 5.41) is 3.44. The molecule has 74 valence electrons. The van der Waals surface area contributed by atoms with Gasteiger partial charge in [-0.2, -0.15) is 0 Å². The van der Waals surface area contributed by atoms with Crippen molar-refractivity contribution in [2.45, 2.75) is 18.5 Å². The van der Waals surface area contributed by atoms with Gasteiger partial charge in [-0.3, -0.25) is 0 Å². The van der Waals surface area contributed by atoms with E-state index >= 15 is 0 Å². The normalized spacial score (nSPS) is 26.7. The second kappa shape index (κ2) is 2.42. The topological polar surface area (TPSA) is 29.9 Å². The molecule has 2 aliphatic rings. The number of fused-ring (bicyclic) bond motifs is 6. The summed E-state index contributed by atoms with van der Waals surface area (Å²) < 4.78 is 2.30. The van der Waals surface area contributed by atoms with Crippen LogP contribution in [0.4, 0.5) is 5.95 Å². The Kier molecular flexibility index (Phi) is 1.21. The standard InChI is InChI=1S/C12H11N3/c1-2-4-11-10(3-1)14-12-13-8-5-6-9(7-8)15(11)12/h1-6,8-9H,7H2,(H,13,14). The minimum absolute atomic E-state index is 0.485. The van der Waals surface area contributed by atoms with Gasteiger partial charge in [0, 0.05) is 6.04 Å². The van der Waals surface area contributed by atoms with Crippen LogP contribution in [0.25, 0.3) is 11.0 Å². The molecule has 15 heavy (non-hydrogen) atoms. The number of nitrogens with one attached hydrogen (secondary N) is 1. The van der Waals surface area contributed by atoms with Crippen LogP contribution < -0.4 is 5.32 Å². The number of nitrogens with zero attached hydrogens (tertiary/aromatic N) is 2. The third-order valence-corrected chi connectivity index (χ3v) is 3.30. The highest BCUT2D eigenvalue weighted by atomic mass is 15.3. The van der Waals surface area contributed by atoms with Crippen molar-refractivity contribution in [2.24, 2.45) is 0 Å². The fourth-order valence-electron chi connectivity index (χ4n) is 2.63. The molecule has 1 aliphatic heterocycles. The van der Waals surface area contributed by atoms with E-state index in [-0.39, 0.29) is 0 Å². The van der Waals surface area contributed by atoms with Crippen molar-refractivity contribution in [3.05, 3.63) is 36.4 Å². The Morgan fingerprint density at radius 3 is 3.20 bits per heavy atom. The van der Waals surface area contributed by atoms with Crippen molar-refractivity contribution in [1.29, 1.82) is 0 Å². The van der Waals surface area contributed by atoms with Gasteiger partial charge in [0.05, 0.1) is 17.1 Å². The Morgan fingerprint density at radius 1 is 1.27 bits per heavy atom. The lowest BCUT2D eigenvalue weighted by Gasteiger charge is -2.24. The third kappa shape index (κ3) is 0.876. The molecule has 0 saturated carbocycles. The Hall–Kier alpha value is -1.77. The summed E-state index contributed by atoms with van der Waals surface area (Å²) in [6.45, 7) is 0. The van der Waals surface area contributed by atoms with Gasteiger partial charge in [0.1, 0.15) is 0 Å². The Bertz CT molecular complexity index is 567. The highest BCUT2D eigenvalue weighted by molar-refractivity contribution is 5.79. The average Bonchev–Trinajstić information content (AvgIpc) is 2.80. The monoisotopic (exact) mass is 197 g/mol. The Labute approximate surface area is 87.4 Å². The summed E-state index contributed by atoms with van der Waals surface area (Å²) >= 11 is 0. The van der Waals surface area contributed by atoms with Crippen LogP contribution in [0, 0.1) is 0 Å². The highest BCUT2D eigenvalue weighted by Gasteiger charge is 2.29. The summed E-state index contributed by atoms with van der Waals surface area (Å²) in [4.78, 5) is 4.61. The van der Waals surface area contributed by atoms with Crippen LogP contribution in [0.3, 0.4) is 0 Å². The zero-order chi connectivity index (χ0) is 9.83. The molecule has 0 fully saturated rings. The van der Waals surface area contributed by atoms with E-state index in [1.807, 2.05) is 6.07 Å². The number of anilines is 1. The van der Waals surface area contributed by atoms with E-state index in [0.717, 1.165) is 17.9 Å². The molecular formula is C12H11N3. The predicted octanol–water partition coefficient (Wildman–Crippen LogP) is 2.33. The first-order valence-corrected chi connectivity index (χ1v) is 5.34. The van der Waals surface area contributed by atoms with Crippen LogP contribution >= 0.6 is 0 Å². The molecule has 3 heteroatoms. The summed E-state index contributed by atoms with van der Waals surface area (Å²) in [5.74, 6) is 1.02. The lowest BCUT2D eigenvalue weighted by atomic mass is 10.2. The Balaban J connectivity index is 2.08. The van der Waals surface area contributed by atoms with Crippen LogP contribution in [0.5, 0.6) is 0 Å². The molecule has 1 N–H and O–H groups in total. The second-order valence-corrected chi connectivity index (χ2v) is 4.23. The van der Waals surface area contributed by atoms with E-state index in [2.05, 4.69) is 45.2 Å². The van der Waals surface area contributed by atoms with E-state index in [4.69, 9.17) is 0 Å². The zero-order valence-corrected chi connectivity index (χ0v) is 8.22. The van der Waals surface area contributed by atoms with Crippen LogP contribution in [0.1, 0.15) is 12.5 Å². The van der Waals surface area contributed by atoms with Gasteiger partial charge < -0.3 is 9.88 Å². The maximum Gasteiger partial charge on any atom is 0.204 e. The molecule has 2 aromatic rings. The Morgan fingerprint density at radius 2 is 2.20 bits per heavy atom. The quantitative estimate of drug-likeness (QED) is 0.657. The van der Waals surface area contributed by atoms with Gasteiger partial charge in [0.2, 0.25) is 5.95 Å². The summed E-state index contributed by atoms with van der Waals surface area (Å²) in [5.41, 5.74) is 2.32. The van der Waals surface area contributed by atoms with Crippen LogP contribution in [-0.2, 0) is 0 Å². The van der Waals surface area contributed by atoms with E-state index in [9.17, 15) is 0 Å². The number of allylic oxidation sites excluding steroid dienone is 1. The van der Waals surface area contributed by atoms with Crippen molar-refractivity contribution in [3.63, 3.8) is 0 Å². The lowest BCUT2D eigenvalue weighted by Crippen LogP contribution is -2.25. The van der Waals surface area contributed by atoms with Crippen molar-refractivity contribution in [2.75, 3.05) is 5.32 Å². The van der Waals surface area contributed by atoms with Gasteiger partial charge >= 0.3 is 0 Å². The zero-order valence-electron chi connectivity index (χ0n) is 8.22. The molecule has 1 aromatic carbocycles. The van der Waals surface area contributed by atoms with E-state index < -0.39 is 0 Å². The summed E-state index contributed by atoms with van der Waals surface area (Å²) in [6, 6.07) is 9.30. The molecule has 0 spiro atoms. The van der Waals surface area contributed by atoms with Crippen LogP contribution in [0.15, 0.2) is 36.4 Å². The summed E-state index contributed by atoms with van der Waals surface area (Å²) in [6.07, 6.45) is 5.68. The van der Waals surface area contributed by atoms with Gasteiger partial charge in [0.15, 0.2) is 0 Å². The number of hydrogen-bond acceptors (Lipinski definition) is 2. The van der Waals surface area contributed by atoms with Crippen LogP contribution in [0.2, 0.25) is 0 Å². The fourth-order valence-corrected chi connectivity index (χ4v) is 2.63. The smallest absolute Gasteiger partial charge is 0.204 e. The molecule has 2 unspecified atom stereocenters. The van der Waals surface area contributed by atoms with Gasteiger partial charge in [-0.25, -0.2) is 4.98 Å². The van der Waals surface area contributed by atoms with Crippen molar-refractivity contribution in [1.82, 2.24) is 9.55 Å². The molecular weight excluding hydrogens is 186 g/mol. The van der Waals surface area contributed by atoms with E-state index in [1.165, 1.54) is 5.52 Å². The molecule has 1 aromatic heterocycles. The summed E-state index contributed by atoms with van der Waals surface area (Å²) in [7, 11) is 0. The van der Waals surface area contributed by atoms with E-state index in [1.54, 1.807) is 0 Å². The number of aromatic nitrogens is 2. The number of benzene rings is 1.